The molecule has 23 heavy (non-hydrogen) atoms. The molecule has 3 atom stereocenters. The predicted octanol–water partition coefficient (Wildman–Crippen LogP) is 4.35. The van der Waals surface area contributed by atoms with Gasteiger partial charge in [0, 0.05) is 5.92 Å². The van der Waals surface area contributed by atoms with Gasteiger partial charge in [-0.25, -0.2) is 0 Å². The van der Waals surface area contributed by atoms with Gasteiger partial charge in [0.05, 0.1) is 17.6 Å². The minimum Gasteiger partial charge on any atom is -0.461 e. The highest BCUT2D eigenvalue weighted by Gasteiger charge is 2.47. The van der Waals surface area contributed by atoms with Crippen molar-refractivity contribution in [3.05, 3.63) is 35.5 Å². The van der Waals surface area contributed by atoms with Gasteiger partial charge in [-0.05, 0) is 58.4 Å². The third-order valence-corrected chi connectivity index (χ3v) is 5.52. The van der Waals surface area contributed by atoms with Crippen LogP contribution < -0.4 is 0 Å². The van der Waals surface area contributed by atoms with Gasteiger partial charge in [-0.1, -0.05) is 29.9 Å². The summed E-state index contributed by atoms with van der Waals surface area (Å²) in [7, 11) is 0. The summed E-state index contributed by atoms with van der Waals surface area (Å²) in [5, 5.41) is 0. The van der Waals surface area contributed by atoms with Gasteiger partial charge >= 0.3 is 5.97 Å². The van der Waals surface area contributed by atoms with Crippen LogP contribution in [-0.4, -0.2) is 24.3 Å². The summed E-state index contributed by atoms with van der Waals surface area (Å²) in [6, 6.07) is 0. The van der Waals surface area contributed by atoms with Crippen molar-refractivity contribution in [1.29, 1.82) is 0 Å². The molecule has 3 rings (SSSR count). The molecule has 126 valence electrons. The third kappa shape index (κ3) is 3.60. The molecule has 3 unspecified atom stereocenters. The average molecular weight is 316 g/mol. The molecule has 2 aliphatic heterocycles. The zero-order chi connectivity index (χ0) is 16.6. The summed E-state index contributed by atoms with van der Waals surface area (Å²) in [5.74, 6) is -0.00537. The monoisotopic (exact) mass is 316 g/mol. The molecule has 0 saturated carbocycles. The van der Waals surface area contributed by atoms with Crippen molar-refractivity contribution < 1.29 is 14.3 Å². The van der Waals surface area contributed by atoms with Gasteiger partial charge in [0.25, 0.3) is 0 Å². The Kier molecular flexibility index (Phi) is 4.50. The van der Waals surface area contributed by atoms with Crippen molar-refractivity contribution in [2.75, 3.05) is 6.61 Å². The van der Waals surface area contributed by atoms with Crippen LogP contribution in [0, 0.1) is 11.8 Å². The van der Waals surface area contributed by atoms with Gasteiger partial charge in [0.2, 0.25) is 0 Å². The van der Waals surface area contributed by atoms with Crippen molar-refractivity contribution in [3.63, 3.8) is 0 Å². The summed E-state index contributed by atoms with van der Waals surface area (Å²) in [6.45, 7) is 11.1. The van der Waals surface area contributed by atoms with Crippen molar-refractivity contribution in [1.82, 2.24) is 0 Å². The highest BCUT2D eigenvalue weighted by molar-refractivity contribution is 5.78. The highest BCUT2D eigenvalue weighted by atomic mass is 16.6. The van der Waals surface area contributed by atoms with E-state index >= 15 is 0 Å². The topological polar surface area (TPSA) is 38.8 Å². The standard InChI is InChI=1S/C20H28O3/c1-13-6-5-7-14(2)18-16(10-8-13)15(12-22-19(18)21)9-11-17-20(3,4)23-17/h6,9,16-18H,2,5,7-8,10-12H2,1,3-4H3. The summed E-state index contributed by atoms with van der Waals surface area (Å²) in [5.41, 5.74) is 3.71. The molecule has 0 spiro atoms. The highest BCUT2D eigenvalue weighted by Crippen LogP contribution is 2.41. The maximum atomic E-state index is 12.3. The zero-order valence-electron chi connectivity index (χ0n) is 14.6. The smallest absolute Gasteiger partial charge is 0.313 e. The Morgan fingerprint density at radius 3 is 2.83 bits per heavy atom. The summed E-state index contributed by atoms with van der Waals surface area (Å²) in [4.78, 5) is 12.3. The quantitative estimate of drug-likeness (QED) is 0.432. The molecule has 2 saturated heterocycles. The number of fused-ring (bicyclic) bond motifs is 1. The van der Waals surface area contributed by atoms with Gasteiger partial charge in [-0.3, -0.25) is 4.79 Å². The van der Waals surface area contributed by atoms with Crippen LogP contribution in [0.15, 0.2) is 35.5 Å². The fourth-order valence-corrected chi connectivity index (χ4v) is 3.81. The Morgan fingerprint density at radius 1 is 1.39 bits per heavy atom. The molecular weight excluding hydrogens is 288 g/mol. The first kappa shape index (κ1) is 16.5. The lowest BCUT2D eigenvalue weighted by Gasteiger charge is -2.33. The average Bonchev–Trinajstić information content (AvgIpc) is 3.08. The van der Waals surface area contributed by atoms with Crippen LogP contribution in [0.5, 0.6) is 0 Å². The van der Waals surface area contributed by atoms with Crippen LogP contribution in [0.3, 0.4) is 0 Å². The number of cyclic esters (lactones) is 1. The van der Waals surface area contributed by atoms with Gasteiger partial charge in [0.15, 0.2) is 0 Å². The minimum atomic E-state index is -0.164. The number of hydrogen-bond donors (Lipinski definition) is 0. The lowest BCUT2D eigenvalue weighted by Crippen LogP contribution is -2.35. The fourth-order valence-electron chi connectivity index (χ4n) is 3.81. The van der Waals surface area contributed by atoms with Crippen molar-refractivity contribution in [3.8, 4) is 0 Å². The van der Waals surface area contributed by atoms with Crippen LogP contribution in [0.4, 0.5) is 0 Å². The fraction of sp³-hybridized carbons (Fsp3) is 0.650. The van der Waals surface area contributed by atoms with Gasteiger partial charge in [-0.15, -0.1) is 0 Å². The van der Waals surface area contributed by atoms with Crippen LogP contribution >= 0.6 is 0 Å². The minimum absolute atomic E-state index is 0.00312. The first-order valence-corrected chi connectivity index (χ1v) is 8.75. The summed E-state index contributed by atoms with van der Waals surface area (Å²) < 4.78 is 11.1. The molecule has 0 N–H and O–H groups in total. The normalized spacial score (nSPS) is 35.5. The molecular formula is C20H28O3. The molecule has 3 aliphatic rings. The van der Waals surface area contributed by atoms with Gasteiger partial charge < -0.3 is 9.47 Å². The number of epoxide rings is 1. The van der Waals surface area contributed by atoms with Crippen molar-refractivity contribution in [2.45, 2.75) is 64.6 Å². The number of rotatable bonds is 2. The maximum absolute atomic E-state index is 12.3. The van der Waals surface area contributed by atoms with E-state index in [0.29, 0.717) is 12.7 Å². The van der Waals surface area contributed by atoms with Crippen LogP contribution in [0.25, 0.3) is 0 Å². The predicted molar refractivity (Wildman–Crippen MR) is 91.0 cm³/mol. The zero-order valence-corrected chi connectivity index (χ0v) is 14.6. The molecule has 2 fully saturated rings. The number of carbonyl (C=O) groups excluding carboxylic acids is 1. The van der Waals surface area contributed by atoms with Crippen LogP contribution in [0.1, 0.15) is 52.9 Å². The molecule has 2 heterocycles. The van der Waals surface area contributed by atoms with Gasteiger partial charge in [0.1, 0.15) is 6.61 Å². The Hall–Kier alpha value is -1.35. The number of ether oxygens (including phenoxy) is 2. The lowest BCUT2D eigenvalue weighted by molar-refractivity contribution is -0.151. The second kappa shape index (κ2) is 6.27. The molecule has 0 aromatic heterocycles. The van der Waals surface area contributed by atoms with E-state index in [9.17, 15) is 4.79 Å². The number of esters is 1. The molecule has 0 amide bonds. The Labute approximate surface area is 139 Å². The Bertz CT molecular complexity index is 567. The van der Waals surface area contributed by atoms with Gasteiger partial charge in [-0.2, -0.15) is 0 Å². The second-order valence-corrected chi connectivity index (χ2v) is 7.70. The number of hydrogen-bond acceptors (Lipinski definition) is 3. The molecule has 0 aromatic rings. The molecule has 3 heteroatoms. The maximum Gasteiger partial charge on any atom is 0.313 e. The summed E-state index contributed by atoms with van der Waals surface area (Å²) >= 11 is 0. The Morgan fingerprint density at radius 2 is 2.13 bits per heavy atom. The van der Waals surface area contributed by atoms with E-state index in [1.165, 1.54) is 11.1 Å². The van der Waals surface area contributed by atoms with E-state index < -0.39 is 0 Å². The third-order valence-electron chi connectivity index (χ3n) is 5.52. The van der Waals surface area contributed by atoms with E-state index in [2.05, 4.69) is 39.5 Å². The van der Waals surface area contributed by atoms with Crippen LogP contribution in [0.2, 0.25) is 0 Å². The van der Waals surface area contributed by atoms with E-state index in [4.69, 9.17) is 9.47 Å². The first-order valence-electron chi connectivity index (χ1n) is 8.75. The Balaban J connectivity index is 1.80. The molecule has 3 nitrogen and oxygen atoms in total. The van der Waals surface area contributed by atoms with E-state index in [0.717, 1.165) is 37.7 Å². The molecule has 0 bridgehead atoms. The SMILES string of the molecule is C=C1CCC=C(C)CCC2C(=CCC3OC3(C)C)COC(=O)C12. The van der Waals surface area contributed by atoms with Crippen molar-refractivity contribution >= 4 is 5.97 Å². The number of carbonyl (C=O) groups is 1. The molecule has 0 aromatic carbocycles. The number of allylic oxidation sites excluding steroid dienone is 2. The molecule has 0 radical (unpaired) electrons. The molecule has 1 aliphatic carbocycles. The van der Waals surface area contributed by atoms with Crippen molar-refractivity contribution in [2.24, 2.45) is 11.8 Å². The van der Waals surface area contributed by atoms with E-state index in [1.54, 1.807) is 0 Å². The van der Waals surface area contributed by atoms with E-state index in [-0.39, 0.29) is 23.4 Å². The summed E-state index contributed by atoms with van der Waals surface area (Å²) in [6.07, 6.45) is 9.65. The lowest BCUT2D eigenvalue weighted by atomic mass is 9.76. The largest absolute Gasteiger partial charge is 0.461 e. The first-order chi connectivity index (χ1) is 10.9. The van der Waals surface area contributed by atoms with E-state index in [1.807, 2.05) is 0 Å². The second-order valence-electron chi connectivity index (χ2n) is 7.70. The van der Waals surface area contributed by atoms with Crippen LogP contribution in [-0.2, 0) is 14.3 Å².